The summed E-state index contributed by atoms with van der Waals surface area (Å²) in [5.41, 5.74) is 4.33. The highest BCUT2D eigenvalue weighted by molar-refractivity contribution is 9.10. The van der Waals surface area contributed by atoms with E-state index in [4.69, 9.17) is 4.74 Å². The van der Waals surface area contributed by atoms with E-state index < -0.39 is 0 Å². The molecule has 1 aliphatic heterocycles. The van der Waals surface area contributed by atoms with Gasteiger partial charge in [0.1, 0.15) is 6.10 Å². The molecule has 1 amide bonds. The quantitative estimate of drug-likeness (QED) is 0.692. The molecule has 6 nitrogen and oxygen atoms in total. The Bertz CT molecular complexity index is 968. The summed E-state index contributed by atoms with van der Waals surface area (Å²) in [7, 11) is 0. The number of nitrogens with zero attached hydrogens (tertiary/aromatic N) is 3. The van der Waals surface area contributed by atoms with Gasteiger partial charge in [-0.1, -0.05) is 63.1 Å². The van der Waals surface area contributed by atoms with Gasteiger partial charge >= 0.3 is 0 Å². The number of carbonyl (C=O) groups excluding carboxylic acids is 1. The van der Waals surface area contributed by atoms with Crippen LogP contribution in [0.25, 0.3) is 0 Å². The first-order chi connectivity index (χ1) is 13.1. The topological polar surface area (TPSA) is 69.0 Å². The predicted octanol–water partition coefficient (Wildman–Crippen LogP) is 3.55. The summed E-state index contributed by atoms with van der Waals surface area (Å²) in [6.45, 7) is 3.32. The van der Waals surface area contributed by atoms with Gasteiger partial charge in [0, 0.05) is 11.0 Å². The summed E-state index contributed by atoms with van der Waals surface area (Å²) in [4.78, 5) is 12.5. The van der Waals surface area contributed by atoms with Crippen LogP contribution in [0.1, 0.15) is 39.0 Å². The Morgan fingerprint density at radius 2 is 2.11 bits per heavy atom. The molecule has 1 N–H and O–H groups in total. The number of rotatable bonds is 4. The van der Waals surface area contributed by atoms with Crippen LogP contribution in [0.5, 0.6) is 0 Å². The molecule has 4 rings (SSSR count). The number of nitrogens with one attached hydrogen (secondary N) is 1. The molecule has 1 aromatic heterocycles. The molecule has 0 fully saturated rings. The molecule has 0 saturated heterocycles. The number of carbonyl (C=O) groups is 1. The summed E-state index contributed by atoms with van der Waals surface area (Å²) < 4.78 is 8.75. The van der Waals surface area contributed by atoms with Crippen molar-refractivity contribution in [2.24, 2.45) is 0 Å². The smallest absolute Gasteiger partial charge is 0.274 e. The third kappa shape index (κ3) is 3.94. The van der Waals surface area contributed by atoms with E-state index in [0.717, 1.165) is 21.2 Å². The van der Waals surface area contributed by atoms with Crippen LogP contribution in [-0.4, -0.2) is 20.9 Å². The molecule has 0 radical (unpaired) electrons. The molecule has 138 valence electrons. The number of benzene rings is 2. The van der Waals surface area contributed by atoms with E-state index in [2.05, 4.69) is 31.6 Å². The maximum atomic E-state index is 12.5. The molecular formula is C20H19BrN4O2. The van der Waals surface area contributed by atoms with Crippen molar-refractivity contribution in [2.75, 3.05) is 0 Å². The lowest BCUT2D eigenvalue weighted by Gasteiger charge is -2.24. The van der Waals surface area contributed by atoms with Gasteiger partial charge in [-0.2, -0.15) is 0 Å². The van der Waals surface area contributed by atoms with Crippen molar-refractivity contribution in [3.8, 4) is 0 Å². The van der Waals surface area contributed by atoms with E-state index in [1.165, 1.54) is 0 Å². The fraction of sp³-hybridized carbons (Fsp3) is 0.250. The van der Waals surface area contributed by atoms with Crippen LogP contribution in [0.4, 0.5) is 0 Å². The lowest BCUT2D eigenvalue weighted by atomic mass is 10.1. The minimum Gasteiger partial charge on any atom is -0.365 e. The first-order valence-electron chi connectivity index (χ1n) is 8.73. The van der Waals surface area contributed by atoms with Gasteiger partial charge in [-0.25, -0.2) is 4.68 Å². The van der Waals surface area contributed by atoms with E-state index in [0.29, 0.717) is 31.1 Å². The number of amides is 1. The average Bonchev–Trinajstić information content (AvgIpc) is 3.10. The molecule has 27 heavy (non-hydrogen) atoms. The Labute approximate surface area is 165 Å². The molecule has 0 bridgehead atoms. The maximum Gasteiger partial charge on any atom is 0.274 e. The molecule has 0 spiro atoms. The highest BCUT2D eigenvalue weighted by Gasteiger charge is 2.27. The second kappa shape index (κ2) is 7.62. The van der Waals surface area contributed by atoms with Crippen molar-refractivity contribution in [3.05, 3.63) is 81.1 Å². The number of aryl methyl sites for hydroxylation is 1. The standard InChI is InChI=1S/C20H19BrN4O2/c1-13-3-2-4-14(9-13)10-22-20(26)19-17-12-27-18(11-25(17)24-23-19)15-5-7-16(21)8-6-15/h2-9,18H,10-12H2,1H3,(H,22,26)/t18-/m1/s1. The number of hydrogen-bond donors (Lipinski definition) is 1. The van der Waals surface area contributed by atoms with Gasteiger partial charge in [0.15, 0.2) is 5.69 Å². The molecular weight excluding hydrogens is 408 g/mol. The molecule has 1 aliphatic rings. The Morgan fingerprint density at radius 3 is 2.89 bits per heavy atom. The van der Waals surface area contributed by atoms with Crippen molar-refractivity contribution in [3.63, 3.8) is 0 Å². The lowest BCUT2D eigenvalue weighted by molar-refractivity contribution is -0.00177. The summed E-state index contributed by atoms with van der Waals surface area (Å²) in [5, 5.41) is 11.2. The molecule has 2 heterocycles. The van der Waals surface area contributed by atoms with Crippen LogP contribution in [0, 0.1) is 6.92 Å². The van der Waals surface area contributed by atoms with Crippen LogP contribution in [0.2, 0.25) is 0 Å². The van der Waals surface area contributed by atoms with E-state index >= 15 is 0 Å². The van der Waals surface area contributed by atoms with E-state index in [1.54, 1.807) is 4.68 Å². The number of ether oxygens (including phenoxy) is 1. The van der Waals surface area contributed by atoms with Crippen LogP contribution in [-0.2, 0) is 24.4 Å². The van der Waals surface area contributed by atoms with E-state index in [-0.39, 0.29) is 12.0 Å². The molecule has 0 aliphatic carbocycles. The first kappa shape index (κ1) is 17.9. The lowest BCUT2D eigenvalue weighted by Crippen LogP contribution is -2.27. The highest BCUT2D eigenvalue weighted by atomic mass is 79.9. The fourth-order valence-corrected chi connectivity index (χ4v) is 3.42. The Morgan fingerprint density at radius 1 is 1.30 bits per heavy atom. The Balaban J connectivity index is 1.44. The average molecular weight is 427 g/mol. The number of hydrogen-bond acceptors (Lipinski definition) is 4. The molecule has 1 atom stereocenters. The zero-order valence-electron chi connectivity index (χ0n) is 14.9. The monoisotopic (exact) mass is 426 g/mol. The van der Waals surface area contributed by atoms with Gasteiger partial charge in [0.25, 0.3) is 5.91 Å². The van der Waals surface area contributed by atoms with E-state index in [9.17, 15) is 4.79 Å². The summed E-state index contributed by atoms with van der Waals surface area (Å²) in [6.07, 6.45) is -0.101. The summed E-state index contributed by atoms with van der Waals surface area (Å²) >= 11 is 3.44. The molecule has 3 aromatic rings. The van der Waals surface area contributed by atoms with Crippen LogP contribution in [0.15, 0.2) is 53.0 Å². The van der Waals surface area contributed by atoms with Crippen molar-refractivity contribution < 1.29 is 9.53 Å². The van der Waals surface area contributed by atoms with Crippen LogP contribution >= 0.6 is 15.9 Å². The minimum absolute atomic E-state index is 0.101. The van der Waals surface area contributed by atoms with Crippen molar-refractivity contribution in [2.45, 2.75) is 32.7 Å². The van der Waals surface area contributed by atoms with Crippen LogP contribution in [0.3, 0.4) is 0 Å². The summed E-state index contributed by atoms with van der Waals surface area (Å²) in [5.74, 6) is -0.233. The fourth-order valence-electron chi connectivity index (χ4n) is 3.16. The molecule has 0 saturated carbocycles. The predicted molar refractivity (Wildman–Crippen MR) is 104 cm³/mol. The van der Waals surface area contributed by atoms with Gasteiger partial charge in [-0.15, -0.1) is 5.10 Å². The van der Waals surface area contributed by atoms with Crippen LogP contribution < -0.4 is 5.32 Å². The second-order valence-corrected chi connectivity index (χ2v) is 7.51. The minimum atomic E-state index is -0.233. The largest absolute Gasteiger partial charge is 0.365 e. The molecule has 7 heteroatoms. The van der Waals surface area contributed by atoms with Gasteiger partial charge in [0.05, 0.1) is 18.8 Å². The maximum absolute atomic E-state index is 12.5. The number of halogens is 1. The SMILES string of the molecule is Cc1cccc(CNC(=O)c2nnn3c2CO[C@@H](c2ccc(Br)cc2)C3)c1. The third-order valence-corrected chi connectivity index (χ3v) is 5.12. The van der Waals surface area contributed by atoms with Gasteiger partial charge in [-0.05, 0) is 30.2 Å². The van der Waals surface area contributed by atoms with Gasteiger partial charge in [0.2, 0.25) is 0 Å². The van der Waals surface area contributed by atoms with Gasteiger partial charge in [-0.3, -0.25) is 4.79 Å². The third-order valence-electron chi connectivity index (χ3n) is 4.59. The second-order valence-electron chi connectivity index (χ2n) is 6.59. The highest BCUT2D eigenvalue weighted by Crippen LogP contribution is 2.27. The van der Waals surface area contributed by atoms with Gasteiger partial charge < -0.3 is 10.1 Å². The van der Waals surface area contributed by atoms with Crippen molar-refractivity contribution in [1.82, 2.24) is 20.3 Å². The normalized spacial score (nSPS) is 16.0. The molecule has 0 unspecified atom stereocenters. The Kier molecular flexibility index (Phi) is 5.05. The zero-order chi connectivity index (χ0) is 18.8. The number of aromatic nitrogens is 3. The number of fused-ring (bicyclic) bond motifs is 1. The summed E-state index contributed by atoms with van der Waals surface area (Å²) in [6, 6.07) is 16.1. The van der Waals surface area contributed by atoms with Crippen molar-refractivity contribution in [1.29, 1.82) is 0 Å². The van der Waals surface area contributed by atoms with E-state index in [1.807, 2.05) is 55.5 Å². The zero-order valence-corrected chi connectivity index (χ0v) is 16.4. The molecule has 2 aromatic carbocycles. The van der Waals surface area contributed by atoms with Crippen molar-refractivity contribution >= 4 is 21.8 Å². The first-order valence-corrected chi connectivity index (χ1v) is 9.52. The Hall–Kier alpha value is -2.51.